The van der Waals surface area contributed by atoms with Gasteiger partial charge in [-0.15, -0.1) is 0 Å². The number of nitriles is 1. The van der Waals surface area contributed by atoms with E-state index in [2.05, 4.69) is 33.6 Å². The summed E-state index contributed by atoms with van der Waals surface area (Å²) in [5, 5.41) is 9.80. The number of hydrogen-bond donors (Lipinski definition) is 0. The lowest BCUT2D eigenvalue weighted by atomic mass is 10.2. The van der Waals surface area contributed by atoms with E-state index in [0.717, 1.165) is 14.6 Å². The molecular weight excluding hydrogens is 275 g/mol. The summed E-state index contributed by atoms with van der Waals surface area (Å²) in [6, 6.07) is 11.8. The standard InChI is InChI=1S/C10H5IN2/c11-10-8(6-12)5-7-3-1-2-4-9(7)13-10/h1-5H. The lowest BCUT2D eigenvalue weighted by Gasteiger charge is -1.98. The molecule has 3 heteroatoms. The van der Waals surface area contributed by atoms with E-state index in [9.17, 15) is 0 Å². The van der Waals surface area contributed by atoms with Crippen LogP contribution in [0.3, 0.4) is 0 Å². The molecule has 0 aliphatic heterocycles. The van der Waals surface area contributed by atoms with Crippen molar-refractivity contribution in [2.75, 3.05) is 0 Å². The van der Waals surface area contributed by atoms with Crippen molar-refractivity contribution in [3.8, 4) is 6.07 Å². The zero-order valence-corrected chi connectivity index (χ0v) is 8.82. The van der Waals surface area contributed by atoms with Gasteiger partial charge in [-0.05, 0) is 34.7 Å². The molecule has 1 aromatic carbocycles. The van der Waals surface area contributed by atoms with Gasteiger partial charge in [0.25, 0.3) is 0 Å². The molecule has 2 aromatic rings. The number of hydrogen-bond acceptors (Lipinski definition) is 2. The van der Waals surface area contributed by atoms with Crippen LogP contribution in [0, 0.1) is 15.0 Å². The summed E-state index contributed by atoms with van der Waals surface area (Å²) >= 11 is 2.07. The predicted octanol–water partition coefficient (Wildman–Crippen LogP) is 2.71. The van der Waals surface area contributed by atoms with Crippen molar-refractivity contribution in [3.05, 3.63) is 39.6 Å². The number of nitrogens with zero attached hydrogens (tertiary/aromatic N) is 2. The van der Waals surface area contributed by atoms with Gasteiger partial charge in [-0.2, -0.15) is 5.26 Å². The summed E-state index contributed by atoms with van der Waals surface area (Å²) in [6.45, 7) is 0. The molecule has 1 aromatic heterocycles. The summed E-state index contributed by atoms with van der Waals surface area (Å²) in [7, 11) is 0. The Balaban J connectivity index is 2.83. The maximum absolute atomic E-state index is 8.78. The molecule has 1 heterocycles. The van der Waals surface area contributed by atoms with Crippen LogP contribution in [0.2, 0.25) is 0 Å². The summed E-state index contributed by atoms with van der Waals surface area (Å²) in [5.74, 6) is 0. The first-order valence-electron chi connectivity index (χ1n) is 3.76. The van der Waals surface area contributed by atoms with E-state index >= 15 is 0 Å². The van der Waals surface area contributed by atoms with Crippen LogP contribution in [0.1, 0.15) is 5.56 Å². The first kappa shape index (κ1) is 8.45. The number of benzene rings is 1. The third-order valence-corrected chi connectivity index (χ3v) is 2.62. The van der Waals surface area contributed by atoms with E-state index in [1.165, 1.54) is 0 Å². The van der Waals surface area contributed by atoms with E-state index in [4.69, 9.17) is 5.26 Å². The number of fused-ring (bicyclic) bond motifs is 1. The van der Waals surface area contributed by atoms with Gasteiger partial charge < -0.3 is 0 Å². The van der Waals surface area contributed by atoms with Crippen molar-refractivity contribution < 1.29 is 0 Å². The van der Waals surface area contributed by atoms with Crippen molar-refractivity contribution in [3.63, 3.8) is 0 Å². The molecule has 0 saturated heterocycles. The molecule has 2 rings (SSSR count). The molecule has 0 fully saturated rings. The molecule has 0 atom stereocenters. The second-order valence-corrected chi connectivity index (χ2v) is 3.65. The third kappa shape index (κ3) is 1.49. The van der Waals surface area contributed by atoms with Crippen molar-refractivity contribution in [1.29, 1.82) is 5.26 Å². The first-order chi connectivity index (χ1) is 6.31. The van der Waals surface area contributed by atoms with Crippen LogP contribution < -0.4 is 0 Å². The lowest BCUT2D eigenvalue weighted by Crippen LogP contribution is -1.88. The minimum absolute atomic E-state index is 0.638. The van der Waals surface area contributed by atoms with E-state index in [0.29, 0.717) is 5.56 Å². The predicted molar refractivity (Wildman–Crippen MR) is 59.2 cm³/mol. The zero-order valence-electron chi connectivity index (χ0n) is 6.66. The highest BCUT2D eigenvalue weighted by atomic mass is 127. The monoisotopic (exact) mass is 280 g/mol. The Hall–Kier alpha value is -1.15. The van der Waals surface area contributed by atoms with Gasteiger partial charge in [0.05, 0.1) is 11.1 Å². The molecule has 0 aliphatic carbocycles. The number of pyridine rings is 1. The molecule has 13 heavy (non-hydrogen) atoms. The van der Waals surface area contributed by atoms with Crippen molar-refractivity contribution in [2.45, 2.75) is 0 Å². The fourth-order valence-electron chi connectivity index (χ4n) is 1.17. The number of rotatable bonds is 0. The fraction of sp³-hybridized carbons (Fsp3) is 0. The van der Waals surface area contributed by atoms with Crippen LogP contribution in [-0.4, -0.2) is 4.98 Å². The van der Waals surface area contributed by atoms with Gasteiger partial charge in [0.1, 0.15) is 9.77 Å². The normalized spacial score (nSPS) is 9.85. The van der Waals surface area contributed by atoms with Gasteiger partial charge in [-0.1, -0.05) is 18.2 Å². The SMILES string of the molecule is N#Cc1cc2ccccc2nc1I. The van der Waals surface area contributed by atoms with Gasteiger partial charge in [0, 0.05) is 5.39 Å². The second-order valence-electron chi connectivity index (χ2n) is 2.63. The molecule has 62 valence electrons. The van der Waals surface area contributed by atoms with Crippen LogP contribution in [0.5, 0.6) is 0 Å². The van der Waals surface area contributed by atoms with Gasteiger partial charge in [0.15, 0.2) is 0 Å². The Labute approximate surface area is 89.4 Å². The topological polar surface area (TPSA) is 36.7 Å². The molecule has 0 radical (unpaired) electrons. The summed E-state index contributed by atoms with van der Waals surface area (Å²) in [5.41, 5.74) is 1.57. The summed E-state index contributed by atoms with van der Waals surface area (Å²) in [4.78, 5) is 4.31. The van der Waals surface area contributed by atoms with Gasteiger partial charge in [0.2, 0.25) is 0 Å². The fourth-order valence-corrected chi connectivity index (χ4v) is 1.71. The van der Waals surface area contributed by atoms with E-state index in [1.54, 1.807) is 0 Å². The molecule has 2 nitrogen and oxygen atoms in total. The number of halogens is 1. The highest BCUT2D eigenvalue weighted by Gasteiger charge is 2.01. The lowest BCUT2D eigenvalue weighted by molar-refractivity contribution is 1.31. The second kappa shape index (κ2) is 3.30. The maximum atomic E-state index is 8.78. The molecule has 0 aliphatic rings. The molecule has 0 unspecified atom stereocenters. The third-order valence-electron chi connectivity index (χ3n) is 1.80. The molecular formula is C10H5IN2. The molecule has 0 saturated carbocycles. The average Bonchev–Trinajstić information content (AvgIpc) is 2.17. The smallest absolute Gasteiger partial charge is 0.119 e. The number of aromatic nitrogens is 1. The van der Waals surface area contributed by atoms with Gasteiger partial charge in [-0.25, -0.2) is 4.98 Å². The van der Waals surface area contributed by atoms with Crippen LogP contribution in [0.4, 0.5) is 0 Å². The summed E-state index contributed by atoms with van der Waals surface area (Å²) < 4.78 is 0.763. The van der Waals surface area contributed by atoms with Crippen molar-refractivity contribution in [2.24, 2.45) is 0 Å². The molecule has 0 bridgehead atoms. The van der Waals surface area contributed by atoms with Gasteiger partial charge >= 0.3 is 0 Å². The first-order valence-corrected chi connectivity index (χ1v) is 4.84. The zero-order chi connectivity index (χ0) is 9.26. The Bertz CT molecular complexity index is 500. The van der Waals surface area contributed by atoms with Gasteiger partial charge in [-0.3, -0.25) is 0 Å². The average molecular weight is 280 g/mol. The highest BCUT2D eigenvalue weighted by molar-refractivity contribution is 14.1. The van der Waals surface area contributed by atoms with E-state index < -0.39 is 0 Å². The Kier molecular flexibility index (Phi) is 2.15. The highest BCUT2D eigenvalue weighted by Crippen LogP contribution is 2.16. The van der Waals surface area contributed by atoms with Crippen LogP contribution in [0.25, 0.3) is 10.9 Å². The Morgan fingerprint density at radius 3 is 2.85 bits per heavy atom. The molecule has 0 N–H and O–H groups in total. The largest absolute Gasteiger partial charge is 0.240 e. The van der Waals surface area contributed by atoms with Crippen LogP contribution in [-0.2, 0) is 0 Å². The maximum Gasteiger partial charge on any atom is 0.119 e. The van der Waals surface area contributed by atoms with Crippen molar-refractivity contribution >= 4 is 33.5 Å². The van der Waals surface area contributed by atoms with Crippen molar-refractivity contribution in [1.82, 2.24) is 4.98 Å². The molecule has 0 spiro atoms. The summed E-state index contributed by atoms with van der Waals surface area (Å²) in [6.07, 6.45) is 0. The minimum Gasteiger partial charge on any atom is -0.240 e. The Morgan fingerprint density at radius 1 is 1.31 bits per heavy atom. The van der Waals surface area contributed by atoms with Crippen LogP contribution >= 0.6 is 22.6 Å². The van der Waals surface area contributed by atoms with Crippen LogP contribution in [0.15, 0.2) is 30.3 Å². The quantitative estimate of drug-likeness (QED) is 0.549. The Morgan fingerprint density at radius 2 is 2.08 bits per heavy atom. The minimum atomic E-state index is 0.638. The number of para-hydroxylation sites is 1. The molecule has 0 amide bonds. The van der Waals surface area contributed by atoms with E-state index in [1.807, 2.05) is 30.3 Å². The van der Waals surface area contributed by atoms with E-state index in [-0.39, 0.29) is 0 Å².